The van der Waals surface area contributed by atoms with Gasteiger partial charge in [-0.05, 0) is 124 Å². The zero-order chi connectivity index (χ0) is 26.5. The van der Waals surface area contributed by atoms with Crippen LogP contribution in [0.1, 0.15) is 96.0 Å². The van der Waals surface area contributed by atoms with E-state index in [0.717, 1.165) is 89.5 Å². The number of amides is 2. The van der Waals surface area contributed by atoms with Crippen LogP contribution in [0.4, 0.5) is 4.79 Å². The summed E-state index contributed by atoms with van der Waals surface area (Å²) in [6.45, 7) is 8.77. The number of hydrogen-bond donors (Lipinski definition) is 3. The van der Waals surface area contributed by atoms with E-state index in [9.17, 15) is 14.7 Å². The summed E-state index contributed by atoms with van der Waals surface area (Å²) in [6, 6.07) is 3.67. The fourth-order valence-electron chi connectivity index (χ4n) is 10.0. The second-order valence-corrected chi connectivity index (χ2v) is 13.8. The number of hydrogen-bond acceptors (Lipinski definition) is 5. The molecule has 0 spiro atoms. The van der Waals surface area contributed by atoms with Crippen LogP contribution in [0.3, 0.4) is 0 Å². The summed E-state index contributed by atoms with van der Waals surface area (Å²) in [6.07, 6.45) is 13.5. The van der Waals surface area contributed by atoms with Crippen molar-refractivity contribution in [2.24, 2.45) is 28.6 Å². The lowest BCUT2D eigenvalue weighted by Gasteiger charge is -2.63. The molecule has 1 aliphatic heterocycles. The first-order valence-electron chi connectivity index (χ1n) is 15.3. The fourth-order valence-corrected chi connectivity index (χ4v) is 10.0. The van der Waals surface area contributed by atoms with Gasteiger partial charge in [-0.15, -0.1) is 0 Å². The smallest absolute Gasteiger partial charge is 0.335 e. The first-order valence-corrected chi connectivity index (χ1v) is 15.3. The average Bonchev–Trinajstić information content (AvgIpc) is 3.51. The SMILES string of the molecule is CC12CC[C@H](NC(=O)NCCN3CCCC3)C[C@H]1CC[C@@H]1[C@@H]2CCC2(C)[C@@H](c3ccc(=O)oc3)CC[C@]12O. The van der Waals surface area contributed by atoms with Crippen molar-refractivity contribution in [1.29, 1.82) is 0 Å². The lowest BCUT2D eigenvalue weighted by molar-refractivity contribution is -0.201. The van der Waals surface area contributed by atoms with Crippen LogP contribution in [0.2, 0.25) is 0 Å². The molecule has 0 radical (unpaired) electrons. The summed E-state index contributed by atoms with van der Waals surface area (Å²) < 4.78 is 5.23. The molecule has 2 amide bonds. The van der Waals surface area contributed by atoms with Gasteiger partial charge in [0.15, 0.2) is 0 Å². The van der Waals surface area contributed by atoms with Crippen molar-refractivity contribution >= 4 is 6.03 Å². The number of rotatable bonds is 5. The number of urea groups is 1. The maximum atomic E-state index is 12.6. The minimum atomic E-state index is -0.672. The molecule has 1 aromatic heterocycles. The summed E-state index contributed by atoms with van der Waals surface area (Å²) in [5, 5.41) is 18.8. The summed E-state index contributed by atoms with van der Waals surface area (Å²) >= 11 is 0. The van der Waals surface area contributed by atoms with Gasteiger partial charge in [0, 0.05) is 30.6 Å². The van der Waals surface area contributed by atoms with E-state index in [1.54, 1.807) is 6.26 Å². The predicted molar refractivity (Wildman–Crippen MR) is 147 cm³/mol. The average molecular weight is 526 g/mol. The van der Waals surface area contributed by atoms with Crippen LogP contribution in [-0.2, 0) is 0 Å². The first kappa shape index (κ1) is 26.4. The van der Waals surface area contributed by atoms with Crippen molar-refractivity contribution in [2.75, 3.05) is 26.2 Å². The molecule has 6 rings (SSSR count). The number of carbonyl (C=O) groups is 1. The number of nitrogens with one attached hydrogen (secondary N) is 2. The third-order valence-electron chi connectivity index (χ3n) is 12.2. The molecule has 2 unspecified atom stereocenters. The highest BCUT2D eigenvalue weighted by atomic mass is 16.4. The lowest BCUT2D eigenvalue weighted by atomic mass is 9.43. The largest absolute Gasteiger partial charge is 0.431 e. The van der Waals surface area contributed by atoms with Crippen molar-refractivity contribution in [1.82, 2.24) is 15.5 Å². The Hall–Kier alpha value is -1.86. The molecule has 3 N–H and O–H groups in total. The molecular formula is C31H47N3O4. The molecule has 2 heterocycles. The molecule has 38 heavy (non-hydrogen) atoms. The Morgan fingerprint density at radius 1 is 1.05 bits per heavy atom. The Morgan fingerprint density at radius 2 is 1.87 bits per heavy atom. The van der Waals surface area contributed by atoms with Crippen molar-refractivity contribution in [3.05, 3.63) is 34.4 Å². The highest BCUT2D eigenvalue weighted by molar-refractivity contribution is 5.74. The minimum absolute atomic E-state index is 0.0111. The summed E-state index contributed by atoms with van der Waals surface area (Å²) in [5.41, 5.74) is 0.110. The number of nitrogens with zero attached hydrogens (tertiary/aromatic N) is 1. The van der Waals surface area contributed by atoms with Crippen LogP contribution in [0.15, 0.2) is 27.6 Å². The van der Waals surface area contributed by atoms with Crippen molar-refractivity contribution in [3.63, 3.8) is 0 Å². The van der Waals surface area contributed by atoms with Gasteiger partial charge in [-0.2, -0.15) is 0 Å². The number of carbonyl (C=O) groups excluding carboxylic acids is 1. The molecule has 5 fully saturated rings. The Morgan fingerprint density at radius 3 is 2.63 bits per heavy atom. The Balaban J connectivity index is 1.09. The third kappa shape index (κ3) is 4.32. The normalized spacial score (nSPS) is 42.7. The molecule has 0 bridgehead atoms. The van der Waals surface area contributed by atoms with Gasteiger partial charge in [-0.25, -0.2) is 9.59 Å². The van der Waals surface area contributed by atoms with E-state index < -0.39 is 5.60 Å². The van der Waals surface area contributed by atoms with E-state index in [2.05, 4.69) is 29.4 Å². The number of aliphatic hydroxyl groups is 1. The summed E-state index contributed by atoms with van der Waals surface area (Å²) in [7, 11) is 0. The zero-order valence-electron chi connectivity index (χ0n) is 23.3. The molecule has 7 heteroatoms. The van der Waals surface area contributed by atoms with Crippen LogP contribution in [0, 0.1) is 28.6 Å². The summed E-state index contributed by atoms with van der Waals surface area (Å²) in [4.78, 5) is 26.6. The predicted octanol–water partition coefficient (Wildman–Crippen LogP) is 4.64. The maximum absolute atomic E-state index is 12.6. The van der Waals surface area contributed by atoms with E-state index >= 15 is 0 Å². The Bertz CT molecular complexity index is 1060. The van der Waals surface area contributed by atoms with Gasteiger partial charge < -0.3 is 25.1 Å². The van der Waals surface area contributed by atoms with Gasteiger partial charge >= 0.3 is 11.7 Å². The second-order valence-electron chi connectivity index (χ2n) is 13.8. The molecule has 8 atom stereocenters. The standard InChI is InChI=1S/C31H47N3O4/c1-29-12-9-23(33-28(36)32-15-18-34-16-3-4-17-34)19-22(29)6-7-26-25(29)10-13-30(2)24(11-14-31(26,30)37)21-5-8-27(35)38-20-21/h5,8,20,22-26,37H,3-4,6-7,9-19H2,1-2H3,(H2,32,33,36)/t22-,23+,24-,25+,26-,29?,30?,31+/m1/s1. The Kier molecular flexibility index (Phi) is 6.91. The van der Waals surface area contributed by atoms with Gasteiger partial charge in [0.05, 0.1) is 11.9 Å². The monoisotopic (exact) mass is 525 g/mol. The van der Waals surface area contributed by atoms with Crippen molar-refractivity contribution < 1.29 is 14.3 Å². The van der Waals surface area contributed by atoms with Crippen LogP contribution in [-0.4, -0.2) is 53.9 Å². The Labute approximate surface area is 227 Å². The topological polar surface area (TPSA) is 94.8 Å². The molecule has 0 aromatic carbocycles. The third-order valence-corrected chi connectivity index (χ3v) is 12.2. The molecule has 5 aliphatic rings. The van der Waals surface area contributed by atoms with Gasteiger partial charge in [0.2, 0.25) is 0 Å². The zero-order valence-corrected chi connectivity index (χ0v) is 23.3. The molecule has 210 valence electrons. The quantitative estimate of drug-likeness (QED) is 0.521. The van der Waals surface area contributed by atoms with Gasteiger partial charge in [-0.3, -0.25) is 0 Å². The maximum Gasteiger partial charge on any atom is 0.335 e. The lowest BCUT2D eigenvalue weighted by Crippen LogP contribution is -2.62. The van der Waals surface area contributed by atoms with Crippen molar-refractivity contribution in [3.8, 4) is 0 Å². The van der Waals surface area contributed by atoms with Crippen LogP contribution >= 0.6 is 0 Å². The van der Waals surface area contributed by atoms with E-state index in [-0.39, 0.29) is 34.4 Å². The molecule has 1 saturated heterocycles. The van der Waals surface area contributed by atoms with E-state index in [0.29, 0.717) is 17.8 Å². The molecule has 4 saturated carbocycles. The van der Waals surface area contributed by atoms with Gasteiger partial charge in [-0.1, -0.05) is 13.8 Å². The molecule has 4 aliphatic carbocycles. The van der Waals surface area contributed by atoms with E-state index in [1.165, 1.54) is 18.9 Å². The molecular weight excluding hydrogens is 478 g/mol. The van der Waals surface area contributed by atoms with Crippen LogP contribution in [0.25, 0.3) is 0 Å². The van der Waals surface area contributed by atoms with E-state index in [1.807, 2.05) is 6.07 Å². The van der Waals surface area contributed by atoms with E-state index in [4.69, 9.17) is 4.42 Å². The number of likely N-dealkylation sites (tertiary alicyclic amines) is 1. The van der Waals surface area contributed by atoms with Gasteiger partial charge in [0.25, 0.3) is 0 Å². The highest BCUT2D eigenvalue weighted by Gasteiger charge is 2.67. The molecule has 1 aromatic rings. The highest BCUT2D eigenvalue weighted by Crippen LogP contribution is 2.70. The van der Waals surface area contributed by atoms with Crippen LogP contribution in [0.5, 0.6) is 0 Å². The minimum Gasteiger partial charge on any atom is -0.431 e. The number of fused-ring (bicyclic) bond motifs is 5. The fraction of sp³-hybridized carbons (Fsp3) is 0.806. The molecule has 7 nitrogen and oxygen atoms in total. The van der Waals surface area contributed by atoms with Gasteiger partial charge in [0.1, 0.15) is 0 Å². The summed E-state index contributed by atoms with van der Waals surface area (Å²) in [5.74, 6) is 1.68. The van der Waals surface area contributed by atoms with Crippen molar-refractivity contribution in [2.45, 2.75) is 102 Å². The first-order chi connectivity index (χ1) is 18.2. The second kappa shape index (κ2) is 9.96. The van der Waals surface area contributed by atoms with Crippen LogP contribution < -0.4 is 16.3 Å².